The molecule has 2 atom stereocenters. The molecule has 1 aromatic rings. The van der Waals surface area contributed by atoms with E-state index in [1.165, 1.54) is 0 Å². The second-order valence-corrected chi connectivity index (χ2v) is 6.17. The largest absolute Gasteiger partial charge is 0.358 e. The Morgan fingerprint density at radius 3 is 3.05 bits per heavy atom. The monoisotopic (exact) mass is 300 g/mol. The summed E-state index contributed by atoms with van der Waals surface area (Å²) in [6.45, 7) is 4.39. The van der Waals surface area contributed by atoms with Gasteiger partial charge in [-0.1, -0.05) is 0 Å². The molecule has 0 bridgehead atoms. The summed E-state index contributed by atoms with van der Waals surface area (Å²) in [5, 5.41) is 10.3. The van der Waals surface area contributed by atoms with Crippen LogP contribution in [0.2, 0.25) is 0 Å². The quantitative estimate of drug-likeness (QED) is 0.888. The lowest BCUT2D eigenvalue weighted by molar-refractivity contribution is -0.130. The topological polar surface area (TPSA) is 53.2 Å². The summed E-state index contributed by atoms with van der Waals surface area (Å²) >= 11 is 0. The normalized spacial score (nSPS) is 31.1. The van der Waals surface area contributed by atoms with Crippen molar-refractivity contribution in [1.29, 1.82) is 0 Å². The van der Waals surface area contributed by atoms with Crippen LogP contribution in [-0.2, 0) is 4.74 Å². The first-order valence-corrected chi connectivity index (χ1v) is 7.43. The highest BCUT2D eigenvalue weighted by Crippen LogP contribution is 2.38. The summed E-state index contributed by atoms with van der Waals surface area (Å²) in [4.78, 5) is 1.84. The van der Waals surface area contributed by atoms with Gasteiger partial charge in [-0.2, -0.15) is 5.10 Å². The van der Waals surface area contributed by atoms with Crippen LogP contribution in [0.3, 0.4) is 0 Å². The molecule has 2 saturated heterocycles. The Labute approximate surface area is 123 Å². The van der Waals surface area contributed by atoms with Crippen LogP contribution < -0.4 is 5.32 Å². The van der Waals surface area contributed by atoms with Crippen molar-refractivity contribution in [3.05, 3.63) is 17.5 Å². The van der Waals surface area contributed by atoms with E-state index in [4.69, 9.17) is 4.74 Å². The van der Waals surface area contributed by atoms with Crippen molar-refractivity contribution >= 4 is 0 Å². The Hall–Kier alpha value is -1.05. The zero-order valence-corrected chi connectivity index (χ0v) is 12.2. The lowest BCUT2D eigenvalue weighted by Gasteiger charge is -2.47. The zero-order valence-electron chi connectivity index (χ0n) is 12.2. The molecule has 0 amide bonds. The van der Waals surface area contributed by atoms with E-state index in [0.29, 0.717) is 19.8 Å². The van der Waals surface area contributed by atoms with Crippen LogP contribution in [0.15, 0.2) is 6.20 Å². The lowest BCUT2D eigenvalue weighted by Crippen LogP contribution is -2.57. The van der Waals surface area contributed by atoms with Gasteiger partial charge in [0.2, 0.25) is 0 Å². The Balaban J connectivity index is 1.81. The van der Waals surface area contributed by atoms with Crippen LogP contribution in [0.1, 0.15) is 30.0 Å². The van der Waals surface area contributed by atoms with Crippen molar-refractivity contribution in [1.82, 2.24) is 20.4 Å². The molecule has 0 saturated carbocycles. The van der Waals surface area contributed by atoms with Crippen LogP contribution >= 0.6 is 0 Å². The van der Waals surface area contributed by atoms with Crippen molar-refractivity contribution in [2.75, 3.05) is 32.9 Å². The number of likely N-dealkylation sites (tertiary alicyclic amines) is 1. The van der Waals surface area contributed by atoms with Gasteiger partial charge in [-0.3, -0.25) is 15.3 Å². The van der Waals surface area contributed by atoms with E-state index in [0.717, 1.165) is 30.6 Å². The molecule has 21 heavy (non-hydrogen) atoms. The molecule has 3 heterocycles. The number of aromatic nitrogens is 2. The summed E-state index contributed by atoms with van der Waals surface area (Å²) in [5.41, 5.74) is 1.82. The van der Waals surface area contributed by atoms with Gasteiger partial charge in [-0.05, 0) is 25.3 Å². The third kappa shape index (κ3) is 3.25. The Kier molecular flexibility index (Phi) is 4.24. The maximum atomic E-state index is 12.8. The number of nitrogens with one attached hydrogen (secondary N) is 2. The van der Waals surface area contributed by atoms with Crippen LogP contribution in [-0.4, -0.2) is 60.0 Å². The highest BCUT2D eigenvalue weighted by Gasteiger charge is 2.43. The number of alkyl halides is 2. The van der Waals surface area contributed by atoms with Gasteiger partial charge in [0.15, 0.2) is 0 Å². The van der Waals surface area contributed by atoms with E-state index in [1.54, 1.807) is 6.20 Å². The summed E-state index contributed by atoms with van der Waals surface area (Å²) in [6.07, 6.45) is 1.19. The van der Waals surface area contributed by atoms with E-state index < -0.39 is 6.43 Å². The van der Waals surface area contributed by atoms with E-state index in [2.05, 4.69) is 15.5 Å². The predicted molar refractivity (Wildman–Crippen MR) is 74.4 cm³/mol. The molecular formula is C14H22F2N4O. The van der Waals surface area contributed by atoms with Crippen LogP contribution in [0, 0.1) is 6.92 Å². The minimum Gasteiger partial charge on any atom is -0.358 e. The van der Waals surface area contributed by atoms with Crippen LogP contribution in [0.4, 0.5) is 8.78 Å². The molecular weight excluding hydrogens is 278 g/mol. The van der Waals surface area contributed by atoms with Crippen molar-refractivity contribution in [2.45, 2.75) is 37.7 Å². The molecule has 2 fully saturated rings. The number of H-pyrrole nitrogens is 1. The summed E-state index contributed by atoms with van der Waals surface area (Å²) in [5.74, 6) is 0.165. The highest BCUT2D eigenvalue weighted by atomic mass is 19.3. The Bertz CT molecular complexity index is 473. The van der Waals surface area contributed by atoms with Gasteiger partial charge >= 0.3 is 0 Å². The fourth-order valence-electron chi connectivity index (χ4n) is 3.61. The first-order chi connectivity index (χ1) is 10.1. The minimum atomic E-state index is -2.31. The molecule has 1 aromatic heterocycles. The smallest absolute Gasteiger partial charge is 0.251 e. The van der Waals surface area contributed by atoms with E-state index in [-0.39, 0.29) is 18.1 Å². The number of hydrogen-bond donors (Lipinski definition) is 2. The fourth-order valence-corrected chi connectivity index (χ4v) is 3.61. The summed E-state index contributed by atoms with van der Waals surface area (Å²) in [7, 11) is 0. The number of halogens is 2. The standard InChI is InChI=1S/C14H22F2N4O/c1-10-5-18-19-13(10)11-4-14(2-3-17-9-21-14)8-20(6-11)7-12(15)16/h5,11-12,17H,2-4,6-9H2,1H3,(H,18,19). The number of hydrogen-bond acceptors (Lipinski definition) is 4. The van der Waals surface area contributed by atoms with Crippen LogP contribution in [0.25, 0.3) is 0 Å². The average Bonchev–Trinajstić information content (AvgIpc) is 2.84. The number of piperidine rings is 1. The second kappa shape index (κ2) is 5.98. The van der Waals surface area contributed by atoms with Gasteiger partial charge in [0.05, 0.1) is 25.1 Å². The number of nitrogens with zero attached hydrogens (tertiary/aromatic N) is 2. The first kappa shape index (κ1) is 14.9. The molecule has 5 nitrogen and oxygen atoms in total. The molecule has 2 aliphatic rings. The Morgan fingerprint density at radius 2 is 2.43 bits per heavy atom. The van der Waals surface area contributed by atoms with Gasteiger partial charge in [0.25, 0.3) is 6.43 Å². The third-order valence-electron chi connectivity index (χ3n) is 4.52. The van der Waals surface area contributed by atoms with Gasteiger partial charge in [0, 0.05) is 31.2 Å². The van der Waals surface area contributed by atoms with Gasteiger partial charge in [-0.25, -0.2) is 8.78 Å². The molecule has 0 radical (unpaired) electrons. The molecule has 0 aliphatic carbocycles. The number of ether oxygens (including phenoxy) is 1. The highest BCUT2D eigenvalue weighted by molar-refractivity contribution is 5.21. The van der Waals surface area contributed by atoms with Crippen molar-refractivity contribution in [3.8, 4) is 0 Å². The molecule has 2 unspecified atom stereocenters. The maximum absolute atomic E-state index is 12.8. The van der Waals surface area contributed by atoms with E-state index >= 15 is 0 Å². The van der Waals surface area contributed by atoms with E-state index in [9.17, 15) is 8.78 Å². The predicted octanol–water partition coefficient (Wildman–Crippen LogP) is 1.48. The lowest BCUT2D eigenvalue weighted by atomic mass is 9.80. The van der Waals surface area contributed by atoms with Gasteiger partial charge < -0.3 is 4.74 Å². The number of aryl methyl sites for hydroxylation is 1. The first-order valence-electron chi connectivity index (χ1n) is 7.43. The molecule has 3 rings (SSSR count). The van der Waals surface area contributed by atoms with Crippen LogP contribution in [0.5, 0.6) is 0 Å². The summed E-state index contributed by atoms with van der Waals surface area (Å²) < 4.78 is 31.6. The molecule has 0 aromatic carbocycles. The van der Waals surface area contributed by atoms with Gasteiger partial charge in [0.1, 0.15) is 0 Å². The number of rotatable bonds is 3. The molecule has 2 N–H and O–H groups in total. The summed E-state index contributed by atoms with van der Waals surface area (Å²) in [6, 6.07) is 0. The fraction of sp³-hybridized carbons (Fsp3) is 0.786. The second-order valence-electron chi connectivity index (χ2n) is 6.17. The minimum absolute atomic E-state index is 0.165. The molecule has 1 spiro atoms. The van der Waals surface area contributed by atoms with E-state index in [1.807, 2.05) is 11.8 Å². The molecule has 7 heteroatoms. The molecule has 118 valence electrons. The SMILES string of the molecule is Cc1cn[nH]c1C1CN(CC(F)F)CC2(CCNCO2)C1. The Morgan fingerprint density at radius 1 is 1.57 bits per heavy atom. The number of aromatic amines is 1. The van der Waals surface area contributed by atoms with Crippen molar-refractivity contribution in [2.24, 2.45) is 0 Å². The zero-order chi connectivity index (χ0) is 14.9. The maximum Gasteiger partial charge on any atom is 0.251 e. The van der Waals surface area contributed by atoms with Gasteiger partial charge in [-0.15, -0.1) is 0 Å². The average molecular weight is 300 g/mol. The third-order valence-corrected chi connectivity index (χ3v) is 4.52. The van der Waals surface area contributed by atoms with Crippen molar-refractivity contribution < 1.29 is 13.5 Å². The molecule has 2 aliphatic heterocycles. The van der Waals surface area contributed by atoms with Crippen molar-refractivity contribution in [3.63, 3.8) is 0 Å².